The van der Waals surface area contributed by atoms with E-state index in [0.717, 1.165) is 5.56 Å². The summed E-state index contributed by atoms with van der Waals surface area (Å²) in [7, 11) is -4.30. The number of H-pyrrole nitrogens is 2. The molecule has 8 heterocycles. The van der Waals surface area contributed by atoms with Crippen LogP contribution < -0.4 is 22.6 Å². The first-order chi connectivity index (χ1) is 27.4. The first-order valence-corrected chi connectivity index (χ1v) is 19.5. The Balaban J connectivity index is 0.974. The minimum absolute atomic E-state index is 0.0323. The molecular weight excluding hydrogens is 797 g/mol. The average molecular weight is 832 g/mol. The van der Waals surface area contributed by atoms with Gasteiger partial charge in [-0.15, -0.1) is 0 Å². The number of fused-ring (bicyclic) bond motifs is 2. The summed E-state index contributed by atoms with van der Waals surface area (Å²) in [4.78, 5) is 57.5. The molecule has 10 N–H and O–H groups in total. The first kappa shape index (κ1) is 37.6. The molecule has 0 saturated carbocycles. The van der Waals surface area contributed by atoms with Gasteiger partial charge in [0, 0.05) is 0 Å². The van der Waals surface area contributed by atoms with E-state index in [2.05, 4.69) is 40.2 Å². The molecule has 3 aliphatic heterocycles. The van der Waals surface area contributed by atoms with Gasteiger partial charge in [-0.3, -0.25) is 9.78 Å². The van der Waals surface area contributed by atoms with E-state index in [0.29, 0.717) is 11.4 Å². The molecule has 9 atom stereocenters. The van der Waals surface area contributed by atoms with Crippen LogP contribution in [0.25, 0.3) is 22.3 Å². The number of nitrogens with zero attached hydrogens (tertiary/aromatic N) is 9. The Morgan fingerprint density at radius 2 is 1.58 bits per heavy atom. The van der Waals surface area contributed by atoms with Crippen molar-refractivity contribution in [1.82, 2.24) is 54.0 Å². The standard InChI is InChI=1S/C31H35ClN13O11P/c32-13-3-1-2-12(6-13)15-4-5-52-57(51,56-15)53-9-17-20(22(47)28(55-17)43-10-35-18-24(43)37-30(33)39-26(18)49)45-8-14(41-42-45)7-16-21(46)23(48)29(54-16)44-11-36-19-25(44)38-31(34)40-27(19)50/h1-3,6,8,10-11,15-17,20-23,28-29,46-48,51,57H,4-5,7,9H2,(H3,33,37,39,49)(H3,34,38,40,50)/t15-,16-,17-,20-,21-,22-,23+,28-,29-/m1/s1. The van der Waals surface area contributed by atoms with Crippen molar-refractivity contribution < 1.29 is 43.3 Å². The molecule has 9 rings (SSSR count). The quantitative estimate of drug-likeness (QED) is 0.0803. The Bertz CT molecular complexity index is 2580. The van der Waals surface area contributed by atoms with Gasteiger partial charge in [-0.1, -0.05) is 0 Å². The van der Waals surface area contributed by atoms with E-state index in [1.165, 1.54) is 32.7 Å². The molecule has 6 aromatic rings. The van der Waals surface area contributed by atoms with Crippen LogP contribution in [0.15, 0.2) is 52.7 Å². The summed E-state index contributed by atoms with van der Waals surface area (Å²) in [5, 5.41) is 42.8. The molecule has 0 radical (unpaired) electrons. The van der Waals surface area contributed by atoms with Crippen LogP contribution in [0.1, 0.15) is 42.3 Å². The molecule has 0 bridgehead atoms. The number of aromatic nitrogens is 11. The Kier molecular flexibility index (Phi) is 9.52. The molecule has 3 fully saturated rings. The minimum atomic E-state index is -4.30. The number of hydrogen-bond donors (Lipinski definition) is 8. The molecule has 5 aromatic heterocycles. The Morgan fingerprint density at radius 1 is 0.930 bits per heavy atom. The van der Waals surface area contributed by atoms with Gasteiger partial charge in [-0.05, 0) is 0 Å². The summed E-state index contributed by atoms with van der Waals surface area (Å²) in [6, 6.07) is 5.95. The summed E-state index contributed by atoms with van der Waals surface area (Å²) >= 11 is 6.19. The van der Waals surface area contributed by atoms with Crippen molar-refractivity contribution in [3.8, 4) is 0 Å². The molecule has 302 valence electrons. The Hall–Kier alpha value is -4.98. The number of nitrogens with one attached hydrogen (secondary N) is 2. The summed E-state index contributed by atoms with van der Waals surface area (Å²) in [5.74, 6) is -0.362. The number of aliphatic hydroxyl groups excluding tert-OH is 3. The van der Waals surface area contributed by atoms with Crippen molar-refractivity contribution in [3.63, 3.8) is 0 Å². The summed E-state index contributed by atoms with van der Waals surface area (Å²) in [5.41, 5.74) is 11.3. The normalized spacial score (nSPS) is 29.4. The number of aromatic amines is 2. The zero-order chi connectivity index (χ0) is 39.7. The molecule has 0 aliphatic carbocycles. The van der Waals surface area contributed by atoms with Gasteiger partial charge in [0.15, 0.2) is 11.2 Å². The van der Waals surface area contributed by atoms with Crippen LogP contribution in [-0.4, -0.2) is 118 Å². The van der Waals surface area contributed by atoms with Crippen LogP contribution in [0.2, 0.25) is 5.02 Å². The van der Waals surface area contributed by atoms with Crippen LogP contribution in [-0.2, 0) is 29.5 Å². The number of imidazole rings is 2. The van der Waals surface area contributed by atoms with Crippen molar-refractivity contribution in [2.75, 3.05) is 24.7 Å². The molecule has 26 heteroatoms. The fraction of sp³-hybridized carbons (Fsp3) is 0.419. The van der Waals surface area contributed by atoms with Gasteiger partial charge >= 0.3 is 270 Å². The monoisotopic (exact) mass is 831 g/mol. The topological polar surface area (TPSA) is 337 Å². The first-order valence-electron chi connectivity index (χ1n) is 17.5. The number of aliphatic hydroxyl groups is 3. The Labute approximate surface area is 323 Å². The van der Waals surface area contributed by atoms with E-state index >= 15 is 0 Å². The molecular formula is C31H35ClN13O11P. The molecule has 0 amide bonds. The molecule has 3 aliphatic rings. The van der Waals surface area contributed by atoms with Crippen LogP contribution in [0.3, 0.4) is 0 Å². The van der Waals surface area contributed by atoms with E-state index in [-0.39, 0.29) is 59.6 Å². The van der Waals surface area contributed by atoms with Gasteiger partial charge in [0.05, 0.1) is 6.33 Å². The van der Waals surface area contributed by atoms with E-state index in [4.69, 9.17) is 46.1 Å². The number of halogens is 1. The van der Waals surface area contributed by atoms with Crippen molar-refractivity contribution in [2.24, 2.45) is 0 Å². The van der Waals surface area contributed by atoms with Crippen LogP contribution in [0, 0.1) is 0 Å². The molecule has 57 heavy (non-hydrogen) atoms. The van der Waals surface area contributed by atoms with Gasteiger partial charge in [-0.2, -0.15) is 4.98 Å². The number of ether oxygens (including phenoxy) is 2. The van der Waals surface area contributed by atoms with Crippen molar-refractivity contribution in [2.45, 2.75) is 68.0 Å². The number of anilines is 2. The van der Waals surface area contributed by atoms with Crippen LogP contribution >= 0.6 is 19.8 Å². The molecule has 0 spiro atoms. The maximum absolute atomic E-state index is 12.6. The maximum atomic E-state index is 12.6. The predicted molar refractivity (Wildman–Crippen MR) is 196 cm³/mol. The third-order valence-electron chi connectivity index (χ3n) is 10.0. The molecule has 1 aromatic carbocycles. The average Bonchev–Trinajstić information content (AvgIpc) is 4.00. The third kappa shape index (κ3) is 6.83. The van der Waals surface area contributed by atoms with Gasteiger partial charge in [0.2, 0.25) is 5.95 Å². The summed E-state index contributed by atoms with van der Waals surface area (Å²) in [6.45, 7) is -0.250. The molecule has 0 unspecified atom stereocenters. The third-order valence-corrected chi connectivity index (χ3v) is 11.9. The SMILES string of the molecule is Nc1nc2c(ncn2[C@@H]2O[C@H](CO[PH]3(O)OCC[C@H](c4cccc(Cl)c4)O3)[C@@H](n3cc(C[C@H]4O[C@@H](n5cnc6c(=O)[nH]c(N)nc65)[C@@H](O)[C@@H]4O)nn3)[C@H]2O)c(=O)[nH]1. The summed E-state index contributed by atoms with van der Waals surface area (Å²) < 4.78 is 33.8. The van der Waals surface area contributed by atoms with E-state index in [1.54, 1.807) is 18.2 Å². The van der Waals surface area contributed by atoms with Gasteiger partial charge in [-0.25, -0.2) is 4.98 Å². The second kappa shape index (κ2) is 14.4. The predicted octanol–water partition coefficient (Wildman–Crippen LogP) is -1.08. The van der Waals surface area contributed by atoms with Crippen LogP contribution in [0.4, 0.5) is 11.9 Å². The van der Waals surface area contributed by atoms with Crippen molar-refractivity contribution in [1.29, 1.82) is 0 Å². The number of hydrogen-bond acceptors (Lipinski definition) is 19. The van der Waals surface area contributed by atoms with E-state index in [9.17, 15) is 29.8 Å². The Morgan fingerprint density at radius 3 is 2.25 bits per heavy atom. The number of nitrogen functional groups attached to an aromatic ring is 2. The van der Waals surface area contributed by atoms with Gasteiger partial charge in [0.25, 0.3) is 5.56 Å². The fourth-order valence-electron chi connectivity index (χ4n) is 7.34. The van der Waals surface area contributed by atoms with Gasteiger partial charge < -0.3 is 5.73 Å². The number of rotatable bonds is 9. The second-order valence-electron chi connectivity index (χ2n) is 13.7. The van der Waals surface area contributed by atoms with Gasteiger partial charge in [0.1, 0.15) is 0 Å². The van der Waals surface area contributed by atoms with Crippen LogP contribution in [0.5, 0.6) is 0 Å². The molecule has 3 saturated heterocycles. The second-order valence-corrected chi connectivity index (χ2v) is 16.0. The summed E-state index contributed by atoms with van der Waals surface area (Å²) in [6.07, 6.45) is -5.03. The fourth-order valence-corrected chi connectivity index (χ4v) is 9.12. The number of nitrogens with two attached hydrogens (primary N) is 2. The number of benzene rings is 1. The molecule has 24 nitrogen and oxygen atoms in total. The van der Waals surface area contributed by atoms with E-state index < -0.39 is 74.4 Å². The zero-order valence-corrected chi connectivity index (χ0v) is 31.0. The zero-order valence-electron chi connectivity index (χ0n) is 29.3. The van der Waals surface area contributed by atoms with Crippen molar-refractivity contribution >= 4 is 54.0 Å². The van der Waals surface area contributed by atoms with E-state index in [1.807, 2.05) is 6.07 Å². The van der Waals surface area contributed by atoms with Crippen molar-refractivity contribution in [3.05, 3.63) is 80.1 Å².